The monoisotopic (exact) mass is 435 g/mol. The lowest BCUT2D eigenvalue weighted by molar-refractivity contribution is -0.122. The highest BCUT2D eigenvalue weighted by molar-refractivity contribution is 7.14. The molecule has 1 aliphatic heterocycles. The number of thiazole rings is 1. The van der Waals surface area contributed by atoms with Crippen molar-refractivity contribution < 1.29 is 14.3 Å². The minimum atomic E-state index is -0.598. The molecule has 1 aliphatic rings. The van der Waals surface area contributed by atoms with Gasteiger partial charge in [0.15, 0.2) is 5.13 Å². The Kier molecular flexibility index (Phi) is 6.49. The van der Waals surface area contributed by atoms with Crippen molar-refractivity contribution in [3.63, 3.8) is 0 Å². The molecule has 8 heteroatoms. The molecule has 1 atom stereocenters. The zero-order valence-electron chi connectivity index (χ0n) is 17.1. The quantitative estimate of drug-likeness (QED) is 0.660. The van der Waals surface area contributed by atoms with Gasteiger partial charge in [-0.05, 0) is 52.7 Å². The molecule has 29 heavy (non-hydrogen) atoms. The fourth-order valence-corrected chi connectivity index (χ4v) is 4.39. The number of likely N-dealkylation sites (tertiary alicyclic amines) is 1. The molecular formula is C21H26ClN3O3S. The molecule has 0 radical (unpaired) electrons. The Hall–Kier alpha value is -2.12. The number of nitrogens with zero attached hydrogens (tertiary/aromatic N) is 3. The summed E-state index contributed by atoms with van der Waals surface area (Å²) in [7, 11) is 0. The maximum absolute atomic E-state index is 13.3. The topological polar surface area (TPSA) is 62.7 Å². The number of halogens is 1. The van der Waals surface area contributed by atoms with E-state index in [9.17, 15) is 9.59 Å². The number of hydrogen-bond acceptors (Lipinski definition) is 5. The Bertz CT molecular complexity index is 893. The lowest BCUT2D eigenvalue weighted by atomic mass is 10.2. The first-order valence-corrected chi connectivity index (χ1v) is 11.0. The van der Waals surface area contributed by atoms with Crippen LogP contribution in [-0.2, 0) is 9.53 Å². The Morgan fingerprint density at radius 2 is 2.14 bits per heavy atom. The molecule has 0 unspecified atom stereocenters. The van der Waals surface area contributed by atoms with Gasteiger partial charge in [0.2, 0.25) is 0 Å². The van der Waals surface area contributed by atoms with Gasteiger partial charge in [-0.2, -0.15) is 0 Å². The average molecular weight is 436 g/mol. The summed E-state index contributed by atoms with van der Waals surface area (Å²) < 4.78 is 5.49. The van der Waals surface area contributed by atoms with E-state index in [0.29, 0.717) is 29.7 Å². The van der Waals surface area contributed by atoms with Gasteiger partial charge in [-0.15, -0.1) is 11.3 Å². The summed E-state index contributed by atoms with van der Waals surface area (Å²) in [6.07, 6.45) is 0.961. The third-order valence-corrected chi connectivity index (χ3v) is 5.69. The summed E-state index contributed by atoms with van der Waals surface area (Å²) in [5.74, 6) is -0.122. The summed E-state index contributed by atoms with van der Waals surface area (Å²) >= 11 is 7.49. The van der Waals surface area contributed by atoms with E-state index < -0.39 is 17.7 Å². The second-order valence-corrected chi connectivity index (χ2v) is 9.21. The lowest BCUT2D eigenvalue weighted by Gasteiger charge is -2.30. The van der Waals surface area contributed by atoms with Crippen LogP contribution < -0.4 is 4.90 Å². The van der Waals surface area contributed by atoms with Crippen molar-refractivity contribution in [1.82, 2.24) is 9.88 Å². The molecule has 0 aliphatic carbocycles. The lowest BCUT2D eigenvalue weighted by Crippen LogP contribution is -2.49. The number of ether oxygens (including phenoxy) is 1. The molecule has 0 N–H and O–H groups in total. The van der Waals surface area contributed by atoms with E-state index in [4.69, 9.17) is 16.3 Å². The van der Waals surface area contributed by atoms with E-state index in [-0.39, 0.29) is 5.91 Å². The number of aromatic nitrogens is 1. The van der Waals surface area contributed by atoms with E-state index in [1.165, 1.54) is 11.3 Å². The van der Waals surface area contributed by atoms with Crippen molar-refractivity contribution in [3.8, 4) is 11.3 Å². The van der Waals surface area contributed by atoms with Crippen molar-refractivity contribution >= 4 is 40.1 Å². The Balaban J connectivity index is 1.79. The van der Waals surface area contributed by atoms with Crippen molar-refractivity contribution in [1.29, 1.82) is 0 Å². The normalized spacial score (nSPS) is 16.7. The summed E-state index contributed by atoms with van der Waals surface area (Å²) in [5, 5.41) is 3.17. The molecule has 3 rings (SSSR count). The maximum atomic E-state index is 13.3. The summed E-state index contributed by atoms with van der Waals surface area (Å²) in [6.45, 7) is 8.37. The van der Waals surface area contributed by atoms with Crippen LogP contribution in [0, 0.1) is 0 Å². The van der Waals surface area contributed by atoms with Gasteiger partial charge in [0.25, 0.3) is 5.91 Å². The van der Waals surface area contributed by atoms with Crippen LogP contribution in [0.3, 0.4) is 0 Å². The average Bonchev–Trinajstić information content (AvgIpc) is 3.31. The van der Waals surface area contributed by atoms with E-state index >= 15 is 0 Å². The highest BCUT2D eigenvalue weighted by Crippen LogP contribution is 2.31. The van der Waals surface area contributed by atoms with Gasteiger partial charge >= 0.3 is 6.09 Å². The van der Waals surface area contributed by atoms with Crippen LogP contribution >= 0.6 is 22.9 Å². The fourth-order valence-electron chi connectivity index (χ4n) is 3.30. The second kappa shape index (κ2) is 8.71. The molecule has 1 fully saturated rings. The second-order valence-electron chi connectivity index (χ2n) is 7.94. The largest absolute Gasteiger partial charge is 0.444 e. The number of carbonyl (C=O) groups excluding carboxylic acids is 2. The SMILES string of the molecule is CCN(C(=O)[C@@H]1CCCN1C(=O)OC(C)(C)C)c1nc(-c2cccc(Cl)c2)cs1. The third kappa shape index (κ3) is 5.08. The first kappa shape index (κ1) is 21.6. The predicted molar refractivity (Wildman–Crippen MR) is 117 cm³/mol. The third-order valence-electron chi connectivity index (χ3n) is 4.59. The highest BCUT2D eigenvalue weighted by Gasteiger charge is 2.39. The van der Waals surface area contributed by atoms with Crippen LogP contribution in [0.5, 0.6) is 0 Å². The summed E-state index contributed by atoms with van der Waals surface area (Å²) in [5.41, 5.74) is 1.08. The molecule has 2 aromatic rings. The van der Waals surface area contributed by atoms with E-state index in [2.05, 4.69) is 4.98 Å². The molecular weight excluding hydrogens is 410 g/mol. The smallest absolute Gasteiger partial charge is 0.410 e. The fraction of sp³-hybridized carbons (Fsp3) is 0.476. The van der Waals surface area contributed by atoms with Gasteiger partial charge in [-0.3, -0.25) is 14.6 Å². The minimum Gasteiger partial charge on any atom is -0.444 e. The standard InChI is InChI=1S/C21H26ClN3O3S/c1-5-24(19-23-16(13-29-19)14-8-6-9-15(22)12-14)18(26)17-10-7-11-25(17)20(27)28-21(2,3)4/h6,8-9,12-13,17H,5,7,10-11H2,1-4H3/t17-/m0/s1. The molecule has 0 saturated carbocycles. The van der Waals surface area contributed by atoms with Crippen molar-refractivity contribution in [3.05, 3.63) is 34.7 Å². The first-order valence-electron chi connectivity index (χ1n) is 9.72. The number of rotatable bonds is 4. The molecule has 1 aromatic heterocycles. The van der Waals surface area contributed by atoms with E-state index in [1.54, 1.807) is 9.80 Å². The van der Waals surface area contributed by atoms with Gasteiger partial charge < -0.3 is 4.74 Å². The highest BCUT2D eigenvalue weighted by atomic mass is 35.5. The van der Waals surface area contributed by atoms with Crippen LogP contribution in [0.2, 0.25) is 5.02 Å². The number of amides is 2. The zero-order chi connectivity index (χ0) is 21.2. The molecule has 1 aromatic carbocycles. The van der Waals surface area contributed by atoms with Crippen LogP contribution in [0.4, 0.5) is 9.93 Å². The molecule has 0 spiro atoms. The molecule has 156 valence electrons. The number of hydrogen-bond donors (Lipinski definition) is 0. The summed E-state index contributed by atoms with van der Waals surface area (Å²) in [6, 6.07) is 6.94. The van der Waals surface area contributed by atoms with Crippen LogP contribution in [0.25, 0.3) is 11.3 Å². The van der Waals surface area contributed by atoms with E-state index in [1.807, 2.05) is 57.3 Å². The number of benzene rings is 1. The Morgan fingerprint density at radius 1 is 1.38 bits per heavy atom. The molecule has 2 amide bonds. The van der Waals surface area contributed by atoms with E-state index in [0.717, 1.165) is 17.7 Å². The number of carbonyl (C=O) groups is 2. The van der Waals surface area contributed by atoms with Crippen molar-refractivity contribution in [2.45, 2.75) is 52.2 Å². The predicted octanol–water partition coefficient (Wildman–Crippen LogP) is 5.22. The van der Waals surface area contributed by atoms with Gasteiger partial charge in [0, 0.05) is 29.1 Å². The number of likely N-dealkylation sites (N-methyl/N-ethyl adjacent to an activating group) is 1. The van der Waals surface area contributed by atoms with Crippen LogP contribution in [0.1, 0.15) is 40.5 Å². The zero-order valence-corrected chi connectivity index (χ0v) is 18.7. The molecule has 1 saturated heterocycles. The van der Waals surface area contributed by atoms with Crippen LogP contribution in [0.15, 0.2) is 29.6 Å². The van der Waals surface area contributed by atoms with Gasteiger partial charge in [0.1, 0.15) is 11.6 Å². The van der Waals surface area contributed by atoms with Crippen molar-refractivity contribution in [2.75, 3.05) is 18.0 Å². The molecule has 6 nitrogen and oxygen atoms in total. The molecule has 2 heterocycles. The Morgan fingerprint density at radius 3 is 2.79 bits per heavy atom. The molecule has 0 bridgehead atoms. The first-order chi connectivity index (χ1) is 13.7. The summed E-state index contributed by atoms with van der Waals surface area (Å²) in [4.78, 5) is 33.7. The number of anilines is 1. The van der Waals surface area contributed by atoms with Crippen LogP contribution in [-0.4, -0.2) is 46.6 Å². The maximum Gasteiger partial charge on any atom is 0.410 e. The van der Waals surface area contributed by atoms with Gasteiger partial charge in [-0.1, -0.05) is 23.7 Å². The van der Waals surface area contributed by atoms with Crippen molar-refractivity contribution in [2.24, 2.45) is 0 Å². The minimum absolute atomic E-state index is 0.122. The van der Waals surface area contributed by atoms with Gasteiger partial charge in [0.05, 0.1) is 5.69 Å². The Labute approximate surface area is 180 Å². The van der Waals surface area contributed by atoms with Gasteiger partial charge in [-0.25, -0.2) is 9.78 Å².